The van der Waals surface area contributed by atoms with E-state index in [1.807, 2.05) is 42.2 Å². The lowest BCUT2D eigenvalue weighted by molar-refractivity contribution is -0.131. The van der Waals surface area contributed by atoms with Gasteiger partial charge in [-0.25, -0.2) is 9.97 Å². The lowest BCUT2D eigenvalue weighted by Gasteiger charge is -2.31. The first-order chi connectivity index (χ1) is 13.6. The van der Waals surface area contributed by atoms with Gasteiger partial charge < -0.3 is 4.90 Å². The fourth-order valence-electron chi connectivity index (χ4n) is 3.65. The SMILES string of the molecule is Cc1cc(-c2ccsc2)nc(C2CCN(C(=O)Cc3cccc(Cl)c3)CC2)n1. The van der Waals surface area contributed by atoms with E-state index in [4.69, 9.17) is 16.6 Å². The number of aromatic nitrogens is 2. The number of halogens is 1. The predicted octanol–water partition coefficient (Wildman–Crippen LogP) is 5.12. The van der Waals surface area contributed by atoms with E-state index in [9.17, 15) is 4.79 Å². The second kappa shape index (κ2) is 8.41. The summed E-state index contributed by atoms with van der Waals surface area (Å²) >= 11 is 7.70. The van der Waals surface area contributed by atoms with Crippen LogP contribution in [0.1, 0.15) is 35.8 Å². The molecule has 3 aromatic rings. The van der Waals surface area contributed by atoms with Crippen LogP contribution >= 0.6 is 22.9 Å². The van der Waals surface area contributed by atoms with Crippen LogP contribution in [0.4, 0.5) is 0 Å². The van der Waals surface area contributed by atoms with Crippen LogP contribution in [0, 0.1) is 6.92 Å². The quantitative estimate of drug-likeness (QED) is 0.598. The molecule has 1 aliphatic heterocycles. The Hall–Kier alpha value is -2.24. The van der Waals surface area contributed by atoms with Crippen molar-refractivity contribution >= 4 is 28.8 Å². The number of likely N-dealkylation sites (tertiary alicyclic amines) is 1. The number of nitrogens with zero attached hydrogens (tertiary/aromatic N) is 3. The number of aryl methyl sites for hydroxylation is 1. The summed E-state index contributed by atoms with van der Waals surface area (Å²) in [6.07, 6.45) is 2.19. The second-order valence-electron chi connectivity index (χ2n) is 7.23. The topological polar surface area (TPSA) is 46.1 Å². The number of amides is 1. The van der Waals surface area contributed by atoms with Gasteiger partial charge in [0, 0.05) is 40.7 Å². The molecule has 6 heteroatoms. The molecule has 1 amide bonds. The van der Waals surface area contributed by atoms with Crippen molar-refractivity contribution in [1.29, 1.82) is 0 Å². The minimum atomic E-state index is 0.157. The molecule has 0 aliphatic carbocycles. The molecule has 4 nitrogen and oxygen atoms in total. The van der Waals surface area contributed by atoms with Gasteiger partial charge >= 0.3 is 0 Å². The standard InChI is InChI=1S/C22H22ClN3OS/c1-15-11-20(18-7-10-28-14-18)25-22(24-15)17-5-8-26(9-6-17)21(27)13-16-3-2-4-19(23)12-16/h2-4,7,10-12,14,17H,5-6,8-9,13H2,1H3. The van der Waals surface area contributed by atoms with E-state index < -0.39 is 0 Å². The van der Waals surface area contributed by atoms with Gasteiger partial charge in [0.25, 0.3) is 0 Å². The number of hydrogen-bond acceptors (Lipinski definition) is 4. The first kappa shape index (κ1) is 19.1. The summed E-state index contributed by atoms with van der Waals surface area (Å²) in [7, 11) is 0. The van der Waals surface area contributed by atoms with E-state index in [-0.39, 0.29) is 5.91 Å². The van der Waals surface area contributed by atoms with Crippen molar-refractivity contribution in [2.24, 2.45) is 0 Å². The first-order valence-electron chi connectivity index (χ1n) is 9.49. The van der Waals surface area contributed by atoms with Crippen molar-refractivity contribution in [2.75, 3.05) is 13.1 Å². The van der Waals surface area contributed by atoms with Crippen LogP contribution in [0.3, 0.4) is 0 Å². The molecule has 144 valence electrons. The molecule has 0 bridgehead atoms. The molecule has 3 heterocycles. The van der Waals surface area contributed by atoms with Gasteiger partial charge in [-0.3, -0.25) is 4.79 Å². The zero-order valence-electron chi connectivity index (χ0n) is 15.8. The van der Waals surface area contributed by atoms with Gasteiger partial charge in [-0.1, -0.05) is 23.7 Å². The van der Waals surface area contributed by atoms with Crippen LogP contribution in [-0.2, 0) is 11.2 Å². The Morgan fingerprint density at radius 1 is 1.21 bits per heavy atom. The van der Waals surface area contributed by atoms with Crippen molar-refractivity contribution in [3.05, 3.63) is 69.3 Å². The lowest BCUT2D eigenvalue weighted by atomic mass is 9.95. The van der Waals surface area contributed by atoms with E-state index in [0.29, 0.717) is 17.4 Å². The van der Waals surface area contributed by atoms with Gasteiger partial charge in [0.2, 0.25) is 5.91 Å². The Balaban J connectivity index is 1.41. The van der Waals surface area contributed by atoms with E-state index in [1.54, 1.807) is 11.3 Å². The minimum Gasteiger partial charge on any atom is -0.342 e. The summed E-state index contributed by atoms with van der Waals surface area (Å²) < 4.78 is 0. The van der Waals surface area contributed by atoms with Crippen LogP contribution in [0.15, 0.2) is 47.2 Å². The lowest BCUT2D eigenvalue weighted by Crippen LogP contribution is -2.39. The van der Waals surface area contributed by atoms with Crippen molar-refractivity contribution < 1.29 is 4.79 Å². The average molecular weight is 412 g/mol. The summed E-state index contributed by atoms with van der Waals surface area (Å²) in [5.41, 5.74) is 4.09. The van der Waals surface area contributed by atoms with E-state index in [0.717, 1.165) is 54.3 Å². The largest absolute Gasteiger partial charge is 0.342 e. The van der Waals surface area contributed by atoms with E-state index in [1.165, 1.54) is 0 Å². The third-order valence-corrected chi connectivity index (χ3v) is 6.06. The van der Waals surface area contributed by atoms with Gasteiger partial charge in [-0.2, -0.15) is 11.3 Å². The maximum absolute atomic E-state index is 12.6. The highest BCUT2D eigenvalue weighted by Gasteiger charge is 2.26. The Morgan fingerprint density at radius 2 is 2.04 bits per heavy atom. The Morgan fingerprint density at radius 3 is 2.75 bits per heavy atom. The van der Waals surface area contributed by atoms with Crippen LogP contribution in [0.5, 0.6) is 0 Å². The zero-order valence-corrected chi connectivity index (χ0v) is 17.3. The number of rotatable bonds is 4. The maximum atomic E-state index is 12.6. The van der Waals surface area contributed by atoms with Crippen molar-refractivity contribution in [2.45, 2.75) is 32.1 Å². The summed E-state index contributed by atoms with van der Waals surface area (Å²) in [6, 6.07) is 11.6. The van der Waals surface area contributed by atoms with Crippen LogP contribution in [0.25, 0.3) is 11.3 Å². The Kier molecular flexibility index (Phi) is 5.74. The molecule has 0 spiro atoms. The number of carbonyl (C=O) groups is 1. The third kappa shape index (κ3) is 4.42. The molecule has 4 rings (SSSR count). The highest BCUT2D eigenvalue weighted by Crippen LogP contribution is 2.29. The number of hydrogen-bond donors (Lipinski definition) is 0. The molecule has 1 aromatic carbocycles. The van der Waals surface area contributed by atoms with Crippen molar-refractivity contribution in [3.8, 4) is 11.3 Å². The molecule has 0 unspecified atom stereocenters. The van der Waals surface area contributed by atoms with Crippen molar-refractivity contribution in [3.63, 3.8) is 0 Å². The second-order valence-corrected chi connectivity index (χ2v) is 8.44. The Bertz CT molecular complexity index is 966. The molecule has 0 atom stereocenters. The summed E-state index contributed by atoms with van der Waals surface area (Å²) in [5, 5.41) is 4.85. The maximum Gasteiger partial charge on any atom is 0.226 e. The monoisotopic (exact) mass is 411 g/mol. The predicted molar refractivity (Wildman–Crippen MR) is 114 cm³/mol. The molecule has 1 aliphatic rings. The van der Waals surface area contributed by atoms with Gasteiger partial charge in [-0.15, -0.1) is 0 Å². The first-order valence-corrected chi connectivity index (χ1v) is 10.8. The number of thiophene rings is 1. The van der Waals surface area contributed by atoms with Crippen LogP contribution in [0.2, 0.25) is 5.02 Å². The molecule has 1 saturated heterocycles. The minimum absolute atomic E-state index is 0.157. The number of benzene rings is 1. The summed E-state index contributed by atoms with van der Waals surface area (Å²) in [4.78, 5) is 24.1. The highest BCUT2D eigenvalue weighted by molar-refractivity contribution is 7.08. The van der Waals surface area contributed by atoms with Gasteiger partial charge in [-0.05, 0) is 55.0 Å². The molecule has 0 N–H and O–H groups in total. The van der Waals surface area contributed by atoms with Crippen molar-refractivity contribution in [1.82, 2.24) is 14.9 Å². The molecular formula is C22H22ClN3OS. The highest BCUT2D eigenvalue weighted by atomic mass is 35.5. The molecule has 0 radical (unpaired) electrons. The third-order valence-electron chi connectivity index (χ3n) is 5.15. The molecule has 2 aromatic heterocycles. The molecule has 1 fully saturated rings. The molecule has 0 saturated carbocycles. The fraction of sp³-hybridized carbons (Fsp3) is 0.318. The zero-order chi connectivity index (χ0) is 19.5. The van der Waals surface area contributed by atoms with Crippen LogP contribution < -0.4 is 0 Å². The molecular weight excluding hydrogens is 390 g/mol. The normalized spacial score (nSPS) is 15.0. The van der Waals surface area contributed by atoms with Gasteiger partial charge in [0.15, 0.2) is 0 Å². The number of carbonyl (C=O) groups excluding carboxylic acids is 1. The summed E-state index contributed by atoms with van der Waals surface area (Å²) in [6.45, 7) is 3.51. The van der Waals surface area contributed by atoms with E-state index in [2.05, 4.69) is 21.8 Å². The summed E-state index contributed by atoms with van der Waals surface area (Å²) in [5.74, 6) is 1.36. The fourth-order valence-corrected chi connectivity index (χ4v) is 4.52. The Labute approximate surface area is 174 Å². The molecule has 28 heavy (non-hydrogen) atoms. The van der Waals surface area contributed by atoms with Gasteiger partial charge in [0.05, 0.1) is 12.1 Å². The van der Waals surface area contributed by atoms with Gasteiger partial charge in [0.1, 0.15) is 5.82 Å². The number of piperidine rings is 1. The van der Waals surface area contributed by atoms with Crippen LogP contribution in [-0.4, -0.2) is 33.9 Å². The van der Waals surface area contributed by atoms with E-state index >= 15 is 0 Å². The average Bonchev–Trinajstić information content (AvgIpc) is 3.22. The smallest absolute Gasteiger partial charge is 0.226 e.